The highest BCUT2D eigenvalue weighted by molar-refractivity contribution is 7.10. The third-order valence-corrected chi connectivity index (χ3v) is 6.04. The summed E-state index contributed by atoms with van der Waals surface area (Å²) in [4.78, 5) is 12.5. The molecule has 154 valence electrons. The molecule has 0 bridgehead atoms. The smallest absolute Gasteiger partial charge is 0.256 e. The fraction of sp³-hybridized carbons (Fsp3) is 0.500. The van der Waals surface area contributed by atoms with Gasteiger partial charge in [-0.3, -0.25) is 4.79 Å². The number of amides is 1. The van der Waals surface area contributed by atoms with Crippen LogP contribution in [0.1, 0.15) is 46.8 Å². The zero-order chi connectivity index (χ0) is 17.9. The number of halogens is 2. The number of aromatic nitrogens is 1. The average molecular weight is 444 g/mol. The molecule has 0 radical (unpaired) electrons. The minimum atomic E-state index is -0.0668. The molecule has 0 spiro atoms. The summed E-state index contributed by atoms with van der Waals surface area (Å²) in [5.41, 5.74) is 2.89. The number of rotatable bonds is 6. The molecule has 2 unspecified atom stereocenters. The molecule has 8 heteroatoms. The first-order valence-corrected chi connectivity index (χ1v) is 10.1. The van der Waals surface area contributed by atoms with Gasteiger partial charge in [-0.25, -0.2) is 0 Å². The van der Waals surface area contributed by atoms with Crippen LogP contribution in [-0.4, -0.2) is 36.1 Å². The van der Waals surface area contributed by atoms with Gasteiger partial charge in [-0.2, -0.15) is 4.37 Å². The van der Waals surface area contributed by atoms with E-state index in [0.29, 0.717) is 17.5 Å². The summed E-state index contributed by atoms with van der Waals surface area (Å²) in [6.07, 6.45) is 3.48. The normalized spacial score (nSPS) is 21.3. The minimum Gasteiger partial charge on any atom is -0.381 e. The number of nitrogens with one attached hydrogen (secondary N) is 2. The van der Waals surface area contributed by atoms with Crippen LogP contribution in [0.25, 0.3) is 0 Å². The standard InChI is InChI=1S/C20H25N3O2S.2ClH/c1-13-9-19(26-23-13)22-20(24)16-4-2-3-15(10-16)17-11-18(17)21-12-14-5-7-25-8-6-14;;/h2-4,9-10,14,17-18,21H,5-8,11-12H2,1H3,(H,22,24);2*1H. The highest BCUT2D eigenvalue weighted by Gasteiger charge is 2.38. The van der Waals surface area contributed by atoms with E-state index in [2.05, 4.69) is 21.1 Å². The zero-order valence-corrected chi connectivity index (χ0v) is 18.3. The maximum atomic E-state index is 12.5. The Morgan fingerprint density at radius 2 is 2.04 bits per heavy atom. The van der Waals surface area contributed by atoms with Gasteiger partial charge >= 0.3 is 0 Å². The quantitative estimate of drug-likeness (QED) is 0.693. The summed E-state index contributed by atoms with van der Waals surface area (Å²) in [6, 6.07) is 10.5. The first-order valence-electron chi connectivity index (χ1n) is 9.35. The average Bonchev–Trinajstić information content (AvgIpc) is 3.34. The Bertz CT molecular complexity index is 780. The van der Waals surface area contributed by atoms with E-state index >= 15 is 0 Å². The number of hydrogen-bond donors (Lipinski definition) is 2. The number of hydrogen-bond acceptors (Lipinski definition) is 5. The SMILES string of the molecule is Cc1cc(NC(=O)c2cccc(C3CC3NCC3CCOCC3)c2)sn1.Cl.Cl. The third kappa shape index (κ3) is 5.91. The molecule has 5 nitrogen and oxygen atoms in total. The highest BCUT2D eigenvalue weighted by atomic mass is 35.5. The van der Waals surface area contributed by atoms with Crippen molar-refractivity contribution >= 4 is 47.3 Å². The molecule has 1 saturated heterocycles. The molecule has 2 fully saturated rings. The second-order valence-corrected chi connectivity index (χ2v) is 8.13. The first kappa shape index (κ1) is 23.1. The van der Waals surface area contributed by atoms with Crippen LogP contribution >= 0.6 is 36.3 Å². The molecule has 2 atom stereocenters. The maximum absolute atomic E-state index is 12.5. The van der Waals surface area contributed by atoms with E-state index in [1.54, 1.807) is 0 Å². The van der Waals surface area contributed by atoms with E-state index in [-0.39, 0.29) is 30.7 Å². The number of benzene rings is 1. The largest absolute Gasteiger partial charge is 0.381 e. The van der Waals surface area contributed by atoms with Crippen molar-refractivity contribution < 1.29 is 9.53 Å². The molecule has 1 aromatic heterocycles. The fourth-order valence-electron chi connectivity index (χ4n) is 3.57. The molecular formula is C20H27Cl2N3O2S. The van der Waals surface area contributed by atoms with Gasteiger partial charge in [-0.1, -0.05) is 12.1 Å². The van der Waals surface area contributed by atoms with Crippen molar-refractivity contribution in [1.29, 1.82) is 0 Å². The van der Waals surface area contributed by atoms with Gasteiger partial charge < -0.3 is 15.4 Å². The monoisotopic (exact) mass is 443 g/mol. The summed E-state index contributed by atoms with van der Waals surface area (Å²) in [6.45, 7) is 4.80. The molecule has 2 aliphatic rings. The van der Waals surface area contributed by atoms with Crippen LogP contribution in [0.3, 0.4) is 0 Å². The molecule has 2 heterocycles. The second-order valence-electron chi connectivity index (χ2n) is 7.32. The van der Waals surface area contributed by atoms with Gasteiger partial charge in [0.25, 0.3) is 5.91 Å². The molecule has 4 rings (SSSR count). The van der Waals surface area contributed by atoms with Crippen LogP contribution < -0.4 is 10.6 Å². The van der Waals surface area contributed by atoms with Crippen LogP contribution in [0.4, 0.5) is 5.00 Å². The van der Waals surface area contributed by atoms with Gasteiger partial charge in [0.05, 0.1) is 5.69 Å². The topological polar surface area (TPSA) is 63.2 Å². The Labute approximate surface area is 182 Å². The Morgan fingerprint density at radius 3 is 2.75 bits per heavy atom. The van der Waals surface area contributed by atoms with E-state index < -0.39 is 0 Å². The Morgan fingerprint density at radius 1 is 1.25 bits per heavy atom. The van der Waals surface area contributed by atoms with Crippen LogP contribution in [0.5, 0.6) is 0 Å². The van der Waals surface area contributed by atoms with Crippen molar-refractivity contribution in [3.05, 3.63) is 47.2 Å². The maximum Gasteiger partial charge on any atom is 0.256 e. The number of aryl methyl sites for hydroxylation is 1. The van der Waals surface area contributed by atoms with E-state index in [1.165, 1.54) is 17.1 Å². The number of ether oxygens (including phenoxy) is 1. The van der Waals surface area contributed by atoms with Gasteiger partial charge in [0.15, 0.2) is 0 Å². The summed E-state index contributed by atoms with van der Waals surface area (Å²) in [5, 5.41) is 7.43. The summed E-state index contributed by atoms with van der Waals surface area (Å²) >= 11 is 1.31. The molecule has 28 heavy (non-hydrogen) atoms. The van der Waals surface area contributed by atoms with E-state index in [4.69, 9.17) is 4.74 Å². The number of carbonyl (C=O) groups is 1. The molecule has 2 N–H and O–H groups in total. The van der Waals surface area contributed by atoms with Crippen LogP contribution in [0, 0.1) is 12.8 Å². The summed E-state index contributed by atoms with van der Waals surface area (Å²) < 4.78 is 9.62. The van der Waals surface area contributed by atoms with Crippen molar-refractivity contribution in [2.45, 2.75) is 38.1 Å². The van der Waals surface area contributed by atoms with E-state index in [1.807, 2.05) is 31.2 Å². The lowest BCUT2D eigenvalue weighted by Crippen LogP contribution is -2.29. The lowest BCUT2D eigenvalue weighted by atomic mass is 10.0. The zero-order valence-electron chi connectivity index (χ0n) is 15.8. The van der Waals surface area contributed by atoms with Gasteiger partial charge in [-0.05, 0) is 73.9 Å². The molecule has 1 saturated carbocycles. The lowest BCUT2D eigenvalue weighted by molar-refractivity contribution is 0.0662. The minimum absolute atomic E-state index is 0. The number of carbonyl (C=O) groups excluding carboxylic acids is 1. The first-order chi connectivity index (χ1) is 12.7. The van der Waals surface area contributed by atoms with Gasteiger partial charge in [0, 0.05) is 30.7 Å². The van der Waals surface area contributed by atoms with Crippen LogP contribution in [0.15, 0.2) is 30.3 Å². The second kappa shape index (κ2) is 10.6. The van der Waals surface area contributed by atoms with Crippen molar-refractivity contribution in [2.75, 3.05) is 25.1 Å². The van der Waals surface area contributed by atoms with Gasteiger partial charge in [-0.15, -0.1) is 24.8 Å². The number of nitrogens with zero attached hydrogens (tertiary/aromatic N) is 1. The Kier molecular flexibility index (Phi) is 8.71. The third-order valence-electron chi connectivity index (χ3n) is 5.24. The van der Waals surface area contributed by atoms with Crippen LogP contribution in [0.2, 0.25) is 0 Å². The van der Waals surface area contributed by atoms with Crippen molar-refractivity contribution in [3.8, 4) is 0 Å². The van der Waals surface area contributed by atoms with Crippen molar-refractivity contribution in [3.63, 3.8) is 0 Å². The Hall–Kier alpha value is -1.18. The van der Waals surface area contributed by atoms with E-state index in [0.717, 1.165) is 55.6 Å². The fourth-order valence-corrected chi connectivity index (χ4v) is 4.23. The summed E-state index contributed by atoms with van der Waals surface area (Å²) in [5.74, 6) is 1.20. The predicted octanol–water partition coefficient (Wildman–Crippen LogP) is 4.42. The number of anilines is 1. The van der Waals surface area contributed by atoms with Crippen molar-refractivity contribution in [2.24, 2.45) is 5.92 Å². The highest BCUT2D eigenvalue weighted by Crippen LogP contribution is 2.41. The molecule has 1 aliphatic carbocycles. The molecular weight excluding hydrogens is 417 g/mol. The van der Waals surface area contributed by atoms with Gasteiger partial charge in [0.1, 0.15) is 5.00 Å². The lowest BCUT2D eigenvalue weighted by Gasteiger charge is -2.22. The molecule has 1 aromatic carbocycles. The Balaban J connectivity index is 0.00000140. The van der Waals surface area contributed by atoms with Crippen molar-refractivity contribution in [1.82, 2.24) is 9.69 Å². The predicted molar refractivity (Wildman–Crippen MR) is 118 cm³/mol. The van der Waals surface area contributed by atoms with Gasteiger partial charge in [0.2, 0.25) is 0 Å². The van der Waals surface area contributed by atoms with Crippen LogP contribution in [-0.2, 0) is 4.74 Å². The summed E-state index contributed by atoms with van der Waals surface area (Å²) in [7, 11) is 0. The molecule has 2 aromatic rings. The molecule has 1 amide bonds. The molecule has 1 aliphatic heterocycles. The van der Waals surface area contributed by atoms with E-state index in [9.17, 15) is 4.79 Å².